The second-order valence-electron chi connectivity index (χ2n) is 4.66. The lowest BCUT2D eigenvalue weighted by atomic mass is 10.2. The van der Waals surface area contributed by atoms with Crippen molar-refractivity contribution in [2.45, 2.75) is 14.0 Å². The molecule has 0 aliphatic heterocycles. The zero-order valence-electron chi connectivity index (χ0n) is 10.3. The van der Waals surface area contributed by atoms with Gasteiger partial charge < -0.3 is 12.4 Å². The highest BCUT2D eigenvalue weighted by Gasteiger charge is 2.18. The standard InChI is InChI=1S/C15H18N.CH4.ClH/c1-16(2,15-11-7-4-8-12-15)13-14-9-5-3-6-10-14;;/h3-12H,13H2,1-2H3;1H4;1H/q+1;;/p-1. The second kappa shape index (κ2) is 7.20. The van der Waals surface area contributed by atoms with E-state index in [2.05, 4.69) is 74.8 Å². The summed E-state index contributed by atoms with van der Waals surface area (Å²) in [6, 6.07) is 21.2. The number of halogens is 1. The fourth-order valence-electron chi connectivity index (χ4n) is 1.96. The van der Waals surface area contributed by atoms with Gasteiger partial charge in [-0.2, -0.15) is 0 Å². The first-order valence-electron chi connectivity index (χ1n) is 5.61. The molecule has 0 unspecified atom stereocenters. The Hall–Kier alpha value is -1.31. The number of hydrogen-bond acceptors (Lipinski definition) is 0. The van der Waals surface area contributed by atoms with Crippen molar-refractivity contribution in [2.75, 3.05) is 14.1 Å². The maximum absolute atomic E-state index is 2.24. The summed E-state index contributed by atoms with van der Waals surface area (Å²) in [5, 5.41) is 0. The Morgan fingerprint density at radius 3 is 1.72 bits per heavy atom. The molecule has 0 atom stereocenters. The van der Waals surface area contributed by atoms with E-state index in [9.17, 15) is 0 Å². The molecule has 0 aliphatic carbocycles. The average Bonchev–Trinajstić information content (AvgIpc) is 2.31. The van der Waals surface area contributed by atoms with Crippen molar-refractivity contribution >= 4 is 5.69 Å². The van der Waals surface area contributed by atoms with E-state index >= 15 is 0 Å². The van der Waals surface area contributed by atoms with Crippen molar-refractivity contribution in [2.24, 2.45) is 0 Å². The van der Waals surface area contributed by atoms with E-state index in [0.29, 0.717) is 0 Å². The lowest BCUT2D eigenvalue weighted by Crippen LogP contribution is -3.00. The molecule has 18 heavy (non-hydrogen) atoms. The predicted molar refractivity (Wildman–Crippen MR) is 77.0 cm³/mol. The Balaban J connectivity index is 0.00000144. The fourth-order valence-corrected chi connectivity index (χ4v) is 1.96. The normalized spacial score (nSPS) is 10.1. The van der Waals surface area contributed by atoms with Crippen LogP contribution >= 0.6 is 0 Å². The maximum Gasteiger partial charge on any atom is 0.132 e. The zero-order valence-corrected chi connectivity index (χ0v) is 11.1. The molecule has 0 heterocycles. The molecule has 0 N–H and O–H groups in total. The van der Waals surface area contributed by atoms with E-state index < -0.39 is 0 Å². The van der Waals surface area contributed by atoms with Gasteiger partial charge in [-0.05, 0) is 12.1 Å². The molecule has 0 saturated carbocycles. The highest BCUT2D eigenvalue weighted by atomic mass is 35.5. The van der Waals surface area contributed by atoms with Crippen LogP contribution in [0.25, 0.3) is 0 Å². The Labute approximate surface area is 117 Å². The monoisotopic (exact) mass is 263 g/mol. The van der Waals surface area contributed by atoms with E-state index in [1.54, 1.807) is 0 Å². The van der Waals surface area contributed by atoms with Gasteiger partial charge in [-0.25, -0.2) is 0 Å². The van der Waals surface area contributed by atoms with Crippen LogP contribution in [0, 0.1) is 0 Å². The first kappa shape index (κ1) is 16.7. The van der Waals surface area contributed by atoms with Crippen molar-refractivity contribution in [1.82, 2.24) is 4.48 Å². The lowest BCUT2D eigenvalue weighted by molar-refractivity contribution is -0.00000390. The lowest BCUT2D eigenvalue weighted by Gasteiger charge is -2.29. The summed E-state index contributed by atoms with van der Waals surface area (Å²) in [4.78, 5) is 0. The smallest absolute Gasteiger partial charge is 0.132 e. The molecule has 0 bridgehead atoms. The molecule has 2 rings (SSSR count). The van der Waals surface area contributed by atoms with Gasteiger partial charge in [0, 0.05) is 5.56 Å². The Bertz CT molecular complexity index is 437. The highest BCUT2D eigenvalue weighted by molar-refractivity contribution is 5.41. The summed E-state index contributed by atoms with van der Waals surface area (Å²) in [6.45, 7) is 1.02. The van der Waals surface area contributed by atoms with Crippen LogP contribution in [0.5, 0.6) is 0 Å². The average molecular weight is 264 g/mol. The topological polar surface area (TPSA) is 0 Å². The highest BCUT2D eigenvalue weighted by Crippen LogP contribution is 2.21. The van der Waals surface area contributed by atoms with Gasteiger partial charge in [0.25, 0.3) is 0 Å². The Kier molecular flexibility index (Phi) is 6.67. The minimum Gasteiger partial charge on any atom is -1.00 e. The van der Waals surface area contributed by atoms with Crippen molar-refractivity contribution < 1.29 is 12.4 Å². The summed E-state index contributed by atoms with van der Waals surface area (Å²) >= 11 is 0. The first-order valence-corrected chi connectivity index (χ1v) is 5.61. The van der Waals surface area contributed by atoms with E-state index in [1.165, 1.54) is 11.3 Å². The van der Waals surface area contributed by atoms with Crippen molar-refractivity contribution in [3.05, 3.63) is 66.2 Å². The quantitative estimate of drug-likeness (QED) is 0.728. The first-order chi connectivity index (χ1) is 7.68. The maximum atomic E-state index is 2.24. The molecule has 0 spiro atoms. The van der Waals surface area contributed by atoms with Gasteiger partial charge in [0.05, 0.1) is 14.1 Å². The van der Waals surface area contributed by atoms with Crippen LogP contribution in [0.1, 0.15) is 13.0 Å². The second-order valence-corrected chi connectivity index (χ2v) is 4.66. The van der Waals surface area contributed by atoms with Gasteiger partial charge in [0.15, 0.2) is 0 Å². The number of benzene rings is 2. The molecule has 0 radical (unpaired) electrons. The Morgan fingerprint density at radius 1 is 0.778 bits per heavy atom. The van der Waals surface area contributed by atoms with Crippen LogP contribution in [-0.2, 0) is 6.54 Å². The van der Waals surface area contributed by atoms with Crippen LogP contribution in [0.4, 0.5) is 5.69 Å². The minimum absolute atomic E-state index is 0. The summed E-state index contributed by atoms with van der Waals surface area (Å²) in [7, 11) is 4.48. The molecule has 0 saturated heterocycles. The molecule has 0 aliphatic rings. The van der Waals surface area contributed by atoms with E-state index in [0.717, 1.165) is 11.0 Å². The zero-order chi connectivity index (χ0) is 11.4. The SMILES string of the molecule is C.C[N+](C)(Cc1ccccc1)c1ccccc1.[Cl-]. The van der Waals surface area contributed by atoms with Crippen molar-refractivity contribution in [3.8, 4) is 0 Å². The summed E-state index contributed by atoms with van der Waals surface area (Å²) in [5.74, 6) is 0. The fraction of sp³-hybridized carbons (Fsp3) is 0.250. The number of nitrogens with zero attached hydrogens (tertiary/aromatic N) is 1. The van der Waals surface area contributed by atoms with Gasteiger partial charge in [-0.3, -0.25) is 4.48 Å². The molecular formula is C16H22ClN. The molecular weight excluding hydrogens is 242 g/mol. The number of para-hydroxylation sites is 1. The van der Waals surface area contributed by atoms with Gasteiger partial charge >= 0.3 is 0 Å². The van der Waals surface area contributed by atoms with Gasteiger partial charge in [0.1, 0.15) is 12.2 Å². The largest absolute Gasteiger partial charge is 1.00 e. The van der Waals surface area contributed by atoms with Crippen LogP contribution in [0.3, 0.4) is 0 Å². The number of quaternary nitrogens is 1. The van der Waals surface area contributed by atoms with Crippen molar-refractivity contribution in [1.29, 1.82) is 0 Å². The van der Waals surface area contributed by atoms with Crippen LogP contribution in [-0.4, -0.2) is 14.1 Å². The molecule has 0 fully saturated rings. The molecule has 1 nitrogen and oxygen atoms in total. The number of rotatable bonds is 3. The molecule has 0 amide bonds. The van der Waals surface area contributed by atoms with Crippen LogP contribution < -0.4 is 16.9 Å². The molecule has 2 aromatic carbocycles. The number of hydrogen-bond donors (Lipinski definition) is 0. The van der Waals surface area contributed by atoms with Crippen molar-refractivity contribution in [3.63, 3.8) is 0 Å². The third kappa shape index (κ3) is 4.17. The van der Waals surface area contributed by atoms with E-state index in [-0.39, 0.29) is 19.8 Å². The minimum atomic E-state index is 0. The van der Waals surface area contributed by atoms with E-state index in [4.69, 9.17) is 0 Å². The van der Waals surface area contributed by atoms with Gasteiger partial charge in [-0.15, -0.1) is 0 Å². The Morgan fingerprint density at radius 2 is 1.22 bits per heavy atom. The summed E-state index contributed by atoms with van der Waals surface area (Å²) < 4.78 is 0.880. The molecule has 2 aromatic rings. The molecule has 2 heteroatoms. The molecule has 98 valence electrons. The summed E-state index contributed by atoms with van der Waals surface area (Å²) in [5.41, 5.74) is 2.71. The molecule has 0 aromatic heterocycles. The van der Waals surface area contributed by atoms with Crippen LogP contribution in [0.2, 0.25) is 0 Å². The third-order valence-electron chi connectivity index (χ3n) is 2.88. The predicted octanol–water partition coefficient (Wildman–Crippen LogP) is 1.09. The third-order valence-corrected chi connectivity index (χ3v) is 2.88. The van der Waals surface area contributed by atoms with Gasteiger partial charge in [0.2, 0.25) is 0 Å². The van der Waals surface area contributed by atoms with Crippen LogP contribution in [0.15, 0.2) is 60.7 Å². The summed E-state index contributed by atoms with van der Waals surface area (Å²) in [6.07, 6.45) is 0. The van der Waals surface area contributed by atoms with E-state index in [1.807, 2.05) is 0 Å². The van der Waals surface area contributed by atoms with Gasteiger partial charge in [-0.1, -0.05) is 56.0 Å².